The van der Waals surface area contributed by atoms with Crippen LogP contribution in [0.5, 0.6) is 0 Å². The minimum Gasteiger partial charge on any atom is -0.377 e. The second-order valence-corrected chi connectivity index (χ2v) is 5.82. The molecule has 0 bridgehead atoms. The third-order valence-electron chi connectivity index (χ3n) is 3.84. The average molecular weight is 256 g/mol. The van der Waals surface area contributed by atoms with Gasteiger partial charge >= 0.3 is 0 Å². The second kappa shape index (κ2) is 8.89. The molecule has 2 unspecified atom stereocenters. The molecule has 2 atom stereocenters. The maximum absolute atomic E-state index is 5.74. The first-order chi connectivity index (χ1) is 8.63. The molecule has 1 N–H and O–H groups in total. The number of likely N-dealkylation sites (N-methyl/N-ethyl adjacent to an activating group) is 1. The van der Waals surface area contributed by atoms with Gasteiger partial charge in [-0.25, -0.2) is 0 Å². The number of hydrogen-bond donors (Lipinski definition) is 1. The molecular formula is C15H32N2O. The van der Waals surface area contributed by atoms with Crippen molar-refractivity contribution in [2.45, 2.75) is 71.6 Å². The third-order valence-corrected chi connectivity index (χ3v) is 3.84. The largest absolute Gasteiger partial charge is 0.377 e. The van der Waals surface area contributed by atoms with Gasteiger partial charge in [0.15, 0.2) is 0 Å². The van der Waals surface area contributed by atoms with E-state index in [0.717, 1.165) is 26.2 Å². The van der Waals surface area contributed by atoms with Crippen molar-refractivity contribution < 1.29 is 4.74 Å². The zero-order chi connectivity index (χ0) is 13.4. The Labute approximate surface area is 113 Å². The topological polar surface area (TPSA) is 24.5 Å². The fourth-order valence-corrected chi connectivity index (χ4v) is 2.64. The lowest BCUT2D eigenvalue weighted by Gasteiger charge is -2.30. The number of hydrogen-bond acceptors (Lipinski definition) is 3. The fraction of sp³-hybridized carbons (Fsp3) is 1.00. The van der Waals surface area contributed by atoms with E-state index in [1.807, 2.05) is 0 Å². The van der Waals surface area contributed by atoms with Crippen LogP contribution < -0.4 is 5.32 Å². The zero-order valence-electron chi connectivity index (χ0n) is 12.7. The molecule has 0 aromatic carbocycles. The van der Waals surface area contributed by atoms with Crippen LogP contribution in [0.3, 0.4) is 0 Å². The molecule has 1 aliphatic rings. The molecule has 0 aromatic heterocycles. The van der Waals surface area contributed by atoms with E-state index in [1.54, 1.807) is 0 Å². The molecule has 1 fully saturated rings. The lowest BCUT2D eigenvalue weighted by Crippen LogP contribution is -2.39. The SMILES string of the molecule is CCN(CC1CCCO1)C(C)CCCNC(C)C. The van der Waals surface area contributed by atoms with E-state index >= 15 is 0 Å². The van der Waals surface area contributed by atoms with Gasteiger partial charge in [0.2, 0.25) is 0 Å². The smallest absolute Gasteiger partial charge is 0.0702 e. The number of ether oxygens (including phenoxy) is 1. The van der Waals surface area contributed by atoms with Crippen LogP contribution in [0.25, 0.3) is 0 Å². The quantitative estimate of drug-likeness (QED) is 0.642. The molecule has 0 aromatic rings. The van der Waals surface area contributed by atoms with Gasteiger partial charge in [-0.05, 0) is 45.7 Å². The summed E-state index contributed by atoms with van der Waals surface area (Å²) in [7, 11) is 0. The Kier molecular flexibility index (Phi) is 7.87. The maximum Gasteiger partial charge on any atom is 0.0702 e. The van der Waals surface area contributed by atoms with Crippen LogP contribution in [0.1, 0.15) is 53.4 Å². The van der Waals surface area contributed by atoms with Gasteiger partial charge in [-0.1, -0.05) is 20.8 Å². The van der Waals surface area contributed by atoms with Gasteiger partial charge < -0.3 is 10.1 Å². The van der Waals surface area contributed by atoms with Crippen molar-refractivity contribution in [3.63, 3.8) is 0 Å². The minimum atomic E-state index is 0.487. The maximum atomic E-state index is 5.74. The van der Waals surface area contributed by atoms with Crippen molar-refractivity contribution in [1.82, 2.24) is 10.2 Å². The Morgan fingerprint density at radius 2 is 2.11 bits per heavy atom. The highest BCUT2D eigenvalue weighted by molar-refractivity contribution is 4.74. The first-order valence-electron chi connectivity index (χ1n) is 7.72. The van der Waals surface area contributed by atoms with E-state index < -0.39 is 0 Å². The molecule has 1 saturated heterocycles. The van der Waals surface area contributed by atoms with Crippen LogP contribution in [0.4, 0.5) is 0 Å². The lowest BCUT2D eigenvalue weighted by molar-refractivity contribution is 0.0601. The Balaban J connectivity index is 2.17. The monoisotopic (exact) mass is 256 g/mol. The third kappa shape index (κ3) is 6.17. The summed E-state index contributed by atoms with van der Waals surface area (Å²) in [5.74, 6) is 0. The van der Waals surface area contributed by atoms with Gasteiger partial charge in [0, 0.05) is 25.2 Å². The standard InChI is InChI=1S/C15H32N2O/c1-5-17(12-15-9-7-11-18-15)14(4)8-6-10-16-13(2)3/h13-16H,5-12H2,1-4H3. The minimum absolute atomic E-state index is 0.487. The highest BCUT2D eigenvalue weighted by atomic mass is 16.5. The van der Waals surface area contributed by atoms with Crippen LogP contribution in [0.15, 0.2) is 0 Å². The predicted octanol–water partition coefficient (Wildman–Crippen LogP) is 2.65. The summed E-state index contributed by atoms with van der Waals surface area (Å²) < 4.78 is 5.74. The van der Waals surface area contributed by atoms with Crippen LogP contribution in [0.2, 0.25) is 0 Å². The summed E-state index contributed by atoms with van der Waals surface area (Å²) in [6.07, 6.45) is 5.52. The van der Waals surface area contributed by atoms with Gasteiger partial charge in [0.1, 0.15) is 0 Å². The predicted molar refractivity (Wildman–Crippen MR) is 78.1 cm³/mol. The second-order valence-electron chi connectivity index (χ2n) is 5.82. The summed E-state index contributed by atoms with van der Waals surface area (Å²) in [4.78, 5) is 2.57. The summed E-state index contributed by atoms with van der Waals surface area (Å²) in [6.45, 7) is 13.4. The van der Waals surface area contributed by atoms with Crippen LogP contribution in [-0.2, 0) is 4.74 Å². The van der Waals surface area contributed by atoms with Gasteiger partial charge in [-0.2, -0.15) is 0 Å². The Morgan fingerprint density at radius 3 is 2.67 bits per heavy atom. The molecule has 3 nitrogen and oxygen atoms in total. The van der Waals surface area contributed by atoms with Gasteiger partial charge in [0.25, 0.3) is 0 Å². The van der Waals surface area contributed by atoms with E-state index in [0.29, 0.717) is 18.2 Å². The van der Waals surface area contributed by atoms with Gasteiger partial charge in [0.05, 0.1) is 6.10 Å². The molecule has 0 saturated carbocycles. The molecule has 3 heteroatoms. The number of rotatable bonds is 9. The zero-order valence-corrected chi connectivity index (χ0v) is 12.7. The molecular weight excluding hydrogens is 224 g/mol. The number of nitrogens with one attached hydrogen (secondary N) is 1. The molecule has 1 aliphatic heterocycles. The summed E-state index contributed by atoms with van der Waals surface area (Å²) in [5.41, 5.74) is 0. The van der Waals surface area contributed by atoms with Crippen molar-refractivity contribution in [2.75, 3.05) is 26.2 Å². The molecule has 1 heterocycles. The molecule has 108 valence electrons. The van der Waals surface area contributed by atoms with Crippen LogP contribution >= 0.6 is 0 Å². The summed E-state index contributed by atoms with van der Waals surface area (Å²) in [5, 5.41) is 3.49. The molecule has 0 aliphatic carbocycles. The first kappa shape index (κ1) is 15.9. The molecule has 0 amide bonds. The van der Waals surface area contributed by atoms with Crippen molar-refractivity contribution >= 4 is 0 Å². The van der Waals surface area contributed by atoms with Crippen LogP contribution in [0, 0.1) is 0 Å². The highest BCUT2D eigenvalue weighted by Crippen LogP contribution is 2.16. The van der Waals surface area contributed by atoms with E-state index in [9.17, 15) is 0 Å². The van der Waals surface area contributed by atoms with Crippen molar-refractivity contribution in [3.8, 4) is 0 Å². The fourth-order valence-electron chi connectivity index (χ4n) is 2.64. The van der Waals surface area contributed by atoms with E-state index in [2.05, 4.69) is 37.9 Å². The van der Waals surface area contributed by atoms with Gasteiger partial charge in [-0.15, -0.1) is 0 Å². The van der Waals surface area contributed by atoms with E-state index in [1.165, 1.54) is 25.7 Å². The normalized spacial score (nSPS) is 22.0. The van der Waals surface area contributed by atoms with Crippen molar-refractivity contribution in [3.05, 3.63) is 0 Å². The molecule has 0 spiro atoms. The Hall–Kier alpha value is -0.120. The Morgan fingerprint density at radius 1 is 1.33 bits per heavy atom. The lowest BCUT2D eigenvalue weighted by atomic mass is 10.1. The van der Waals surface area contributed by atoms with Crippen molar-refractivity contribution in [1.29, 1.82) is 0 Å². The molecule has 0 radical (unpaired) electrons. The first-order valence-corrected chi connectivity index (χ1v) is 7.72. The van der Waals surface area contributed by atoms with Crippen molar-refractivity contribution in [2.24, 2.45) is 0 Å². The van der Waals surface area contributed by atoms with Crippen LogP contribution in [-0.4, -0.2) is 49.3 Å². The van der Waals surface area contributed by atoms with E-state index in [4.69, 9.17) is 4.74 Å². The average Bonchev–Trinajstić information content (AvgIpc) is 2.84. The van der Waals surface area contributed by atoms with E-state index in [-0.39, 0.29) is 0 Å². The summed E-state index contributed by atoms with van der Waals surface area (Å²) in [6, 6.07) is 1.28. The molecule has 1 rings (SSSR count). The number of nitrogens with zero attached hydrogens (tertiary/aromatic N) is 1. The van der Waals surface area contributed by atoms with Gasteiger partial charge in [-0.3, -0.25) is 4.90 Å². The Bertz CT molecular complexity index is 203. The summed E-state index contributed by atoms with van der Waals surface area (Å²) >= 11 is 0. The highest BCUT2D eigenvalue weighted by Gasteiger charge is 2.21. The molecule has 18 heavy (non-hydrogen) atoms.